The molecular weight excluding hydrogens is 413 g/mol. The Bertz CT molecular complexity index is 879. The molecule has 2 aromatic rings. The molecule has 0 spiro atoms. The van der Waals surface area contributed by atoms with Crippen LogP contribution in [0.25, 0.3) is 0 Å². The van der Waals surface area contributed by atoms with Crippen molar-refractivity contribution in [2.75, 3.05) is 0 Å². The molecule has 142 valence electrons. The van der Waals surface area contributed by atoms with Gasteiger partial charge in [-0.2, -0.15) is 0 Å². The molecule has 1 atom stereocenters. The number of nitrogens with one attached hydrogen (secondary N) is 3. The summed E-state index contributed by atoms with van der Waals surface area (Å²) >= 11 is 16.7. The van der Waals surface area contributed by atoms with Crippen LogP contribution in [0.15, 0.2) is 42.5 Å². The van der Waals surface area contributed by atoms with Crippen LogP contribution < -0.4 is 20.9 Å². The number of hydrazine groups is 1. The van der Waals surface area contributed by atoms with Crippen LogP contribution in [0.2, 0.25) is 10.0 Å². The number of phenolic OH excluding ortho intramolecular Hbond substituents is 1. The first kappa shape index (κ1) is 20.8. The summed E-state index contributed by atoms with van der Waals surface area (Å²) in [5.41, 5.74) is 4.68. The van der Waals surface area contributed by atoms with Gasteiger partial charge in [0.25, 0.3) is 11.8 Å². The third-order valence-electron chi connectivity index (χ3n) is 3.24. The van der Waals surface area contributed by atoms with E-state index in [2.05, 4.69) is 16.2 Å². The van der Waals surface area contributed by atoms with Crippen LogP contribution in [-0.4, -0.2) is 28.1 Å². The molecule has 0 aliphatic heterocycles. The zero-order chi connectivity index (χ0) is 20.0. The van der Waals surface area contributed by atoms with Gasteiger partial charge in [0.05, 0.1) is 10.6 Å². The molecule has 0 fully saturated rings. The zero-order valence-electron chi connectivity index (χ0n) is 14.0. The molecule has 2 amide bonds. The van der Waals surface area contributed by atoms with E-state index in [1.807, 2.05) is 0 Å². The van der Waals surface area contributed by atoms with Crippen LogP contribution in [0.1, 0.15) is 17.3 Å². The molecule has 4 N–H and O–H groups in total. The molecule has 2 aromatic carbocycles. The molecule has 0 saturated heterocycles. The average Bonchev–Trinajstić information content (AvgIpc) is 2.62. The van der Waals surface area contributed by atoms with Crippen LogP contribution in [0.5, 0.6) is 11.5 Å². The molecule has 0 bridgehead atoms. The Labute approximate surface area is 170 Å². The molecule has 2 rings (SSSR count). The fourth-order valence-corrected chi connectivity index (χ4v) is 2.51. The molecule has 0 unspecified atom stereocenters. The Kier molecular flexibility index (Phi) is 7.23. The molecule has 0 heterocycles. The molecule has 7 nitrogen and oxygen atoms in total. The number of aromatic hydroxyl groups is 1. The highest BCUT2D eigenvalue weighted by atomic mass is 35.5. The van der Waals surface area contributed by atoms with Gasteiger partial charge in [-0.15, -0.1) is 0 Å². The topological polar surface area (TPSA) is 99.7 Å². The second-order valence-corrected chi connectivity index (χ2v) is 6.50. The van der Waals surface area contributed by atoms with Crippen LogP contribution in [-0.2, 0) is 4.79 Å². The van der Waals surface area contributed by atoms with E-state index in [1.165, 1.54) is 31.2 Å². The van der Waals surface area contributed by atoms with Gasteiger partial charge in [0.15, 0.2) is 11.2 Å². The number of ether oxygens (including phenoxy) is 1. The minimum atomic E-state index is -0.919. The third-order valence-corrected chi connectivity index (χ3v) is 3.98. The predicted molar refractivity (Wildman–Crippen MR) is 106 cm³/mol. The smallest absolute Gasteiger partial charge is 0.273 e. The van der Waals surface area contributed by atoms with E-state index in [-0.39, 0.29) is 27.2 Å². The Morgan fingerprint density at radius 3 is 2.52 bits per heavy atom. The molecule has 10 heteroatoms. The number of thiocarbonyl (C=S) groups is 1. The third kappa shape index (κ3) is 5.99. The highest BCUT2D eigenvalue weighted by Gasteiger charge is 2.18. The van der Waals surface area contributed by atoms with Gasteiger partial charge in [0.1, 0.15) is 11.5 Å². The first-order chi connectivity index (χ1) is 12.8. The van der Waals surface area contributed by atoms with Crippen LogP contribution in [0, 0.1) is 0 Å². The van der Waals surface area contributed by atoms with Crippen molar-refractivity contribution in [3.05, 3.63) is 58.1 Å². The molecular formula is C17H15Cl2N3O4S. The van der Waals surface area contributed by atoms with Crippen LogP contribution >= 0.6 is 35.4 Å². The molecule has 0 aliphatic carbocycles. The van der Waals surface area contributed by atoms with E-state index in [1.54, 1.807) is 18.2 Å². The van der Waals surface area contributed by atoms with Crippen LogP contribution in [0.4, 0.5) is 0 Å². The maximum absolute atomic E-state index is 12.1. The van der Waals surface area contributed by atoms with Gasteiger partial charge in [-0.3, -0.25) is 25.8 Å². The number of halogens is 2. The number of para-hydroxylation sites is 1. The number of carbonyl (C=O) groups is 2. The SMILES string of the molecule is C[C@H](Oc1ccc(Cl)cc1Cl)C(=O)NC(=S)NNC(=O)c1ccccc1O. The lowest BCUT2D eigenvalue weighted by molar-refractivity contribution is -0.125. The highest BCUT2D eigenvalue weighted by Crippen LogP contribution is 2.28. The Balaban J connectivity index is 1.85. The van der Waals surface area contributed by atoms with Crippen molar-refractivity contribution >= 4 is 52.3 Å². The molecule has 0 aromatic heterocycles. The summed E-state index contributed by atoms with van der Waals surface area (Å²) in [5, 5.41) is 12.5. The number of hydrogen-bond donors (Lipinski definition) is 4. The number of hydrogen-bond acceptors (Lipinski definition) is 5. The van der Waals surface area contributed by atoms with E-state index in [9.17, 15) is 14.7 Å². The summed E-state index contributed by atoms with van der Waals surface area (Å²) < 4.78 is 5.46. The van der Waals surface area contributed by atoms with Gasteiger partial charge >= 0.3 is 0 Å². The highest BCUT2D eigenvalue weighted by molar-refractivity contribution is 7.80. The quantitative estimate of drug-likeness (QED) is 0.442. The summed E-state index contributed by atoms with van der Waals surface area (Å²) in [6.45, 7) is 1.50. The summed E-state index contributed by atoms with van der Waals surface area (Å²) in [5.74, 6) is -1.08. The van der Waals surface area contributed by atoms with Gasteiger partial charge in [0, 0.05) is 5.02 Å². The van der Waals surface area contributed by atoms with Crippen molar-refractivity contribution in [1.29, 1.82) is 0 Å². The van der Waals surface area contributed by atoms with E-state index >= 15 is 0 Å². The molecule has 0 saturated carbocycles. The summed E-state index contributed by atoms with van der Waals surface area (Å²) in [6.07, 6.45) is -0.919. The van der Waals surface area contributed by atoms with Gasteiger partial charge in [-0.05, 0) is 49.5 Å². The van der Waals surface area contributed by atoms with Crippen molar-refractivity contribution < 1.29 is 19.4 Å². The number of phenols is 1. The summed E-state index contributed by atoms with van der Waals surface area (Å²) in [6, 6.07) is 10.6. The maximum Gasteiger partial charge on any atom is 0.273 e. The molecule has 27 heavy (non-hydrogen) atoms. The lowest BCUT2D eigenvalue weighted by Crippen LogP contribution is -2.51. The van der Waals surface area contributed by atoms with Crippen molar-refractivity contribution in [3.63, 3.8) is 0 Å². The van der Waals surface area contributed by atoms with Gasteiger partial charge in [0.2, 0.25) is 0 Å². The van der Waals surface area contributed by atoms with Crippen LogP contribution in [0.3, 0.4) is 0 Å². The monoisotopic (exact) mass is 427 g/mol. The van der Waals surface area contributed by atoms with Crippen molar-refractivity contribution in [2.24, 2.45) is 0 Å². The van der Waals surface area contributed by atoms with E-state index in [4.69, 9.17) is 40.2 Å². The van der Waals surface area contributed by atoms with Crippen molar-refractivity contribution in [2.45, 2.75) is 13.0 Å². The maximum atomic E-state index is 12.1. The number of amides is 2. The molecule has 0 radical (unpaired) electrons. The zero-order valence-corrected chi connectivity index (χ0v) is 16.3. The minimum Gasteiger partial charge on any atom is -0.507 e. The minimum absolute atomic E-state index is 0.0493. The largest absolute Gasteiger partial charge is 0.507 e. The molecule has 0 aliphatic rings. The second kappa shape index (κ2) is 9.40. The Hall–Kier alpha value is -2.55. The van der Waals surface area contributed by atoms with Gasteiger partial charge in [-0.1, -0.05) is 35.3 Å². The standard InChI is InChI=1S/C17H15Cl2N3O4S/c1-9(26-14-7-6-10(18)8-12(14)19)15(24)20-17(27)22-21-16(25)11-4-2-3-5-13(11)23/h2-9,23H,1H3,(H,21,25)(H2,20,22,24,27)/t9-/m0/s1. The first-order valence-electron chi connectivity index (χ1n) is 7.59. The van der Waals surface area contributed by atoms with Gasteiger partial charge < -0.3 is 9.84 Å². The number of carbonyl (C=O) groups excluding carboxylic acids is 2. The summed E-state index contributed by atoms with van der Waals surface area (Å²) in [7, 11) is 0. The predicted octanol–water partition coefficient (Wildman–Crippen LogP) is 2.80. The fraction of sp³-hybridized carbons (Fsp3) is 0.118. The van der Waals surface area contributed by atoms with E-state index in [0.29, 0.717) is 5.02 Å². The normalized spacial score (nSPS) is 11.2. The fourth-order valence-electron chi connectivity index (χ4n) is 1.91. The number of benzene rings is 2. The first-order valence-corrected chi connectivity index (χ1v) is 8.75. The Morgan fingerprint density at radius 1 is 1.15 bits per heavy atom. The van der Waals surface area contributed by atoms with E-state index in [0.717, 1.165) is 0 Å². The lowest BCUT2D eigenvalue weighted by atomic mass is 10.2. The Morgan fingerprint density at radius 2 is 1.85 bits per heavy atom. The lowest BCUT2D eigenvalue weighted by Gasteiger charge is -2.17. The summed E-state index contributed by atoms with van der Waals surface area (Å²) in [4.78, 5) is 24.1. The van der Waals surface area contributed by atoms with Gasteiger partial charge in [-0.25, -0.2) is 0 Å². The average molecular weight is 428 g/mol. The van der Waals surface area contributed by atoms with E-state index < -0.39 is 17.9 Å². The number of rotatable bonds is 4. The second-order valence-electron chi connectivity index (χ2n) is 5.25. The van der Waals surface area contributed by atoms with Crippen molar-refractivity contribution in [3.8, 4) is 11.5 Å². The van der Waals surface area contributed by atoms with Crippen molar-refractivity contribution in [1.82, 2.24) is 16.2 Å².